The highest BCUT2D eigenvalue weighted by atomic mass is 16.6. The number of amides is 3. The Labute approximate surface area is 312 Å². The van der Waals surface area contributed by atoms with E-state index in [1.165, 1.54) is 12.0 Å². The number of nitrogens with one attached hydrogen (secondary N) is 1. The number of carbonyl (C=O) groups excluding carboxylic acids is 4. The third-order valence-corrected chi connectivity index (χ3v) is 11.6. The molecule has 4 aliphatic rings. The van der Waals surface area contributed by atoms with E-state index in [9.17, 15) is 14.7 Å². The van der Waals surface area contributed by atoms with Crippen LogP contribution in [-0.2, 0) is 33.4 Å². The molecule has 2 bridgehead atoms. The molecule has 2 aromatic rings. The van der Waals surface area contributed by atoms with Gasteiger partial charge in [-0.25, -0.2) is 0 Å². The molecular formula is C42H53N3O8. The second-order valence-electron chi connectivity index (χ2n) is 14.7. The summed E-state index contributed by atoms with van der Waals surface area (Å²) in [4.78, 5) is 61.0. The van der Waals surface area contributed by atoms with Gasteiger partial charge in [-0.15, -0.1) is 13.2 Å². The number of nitrogens with zero attached hydrogens (tertiary/aromatic N) is 2. The first-order valence-corrected chi connectivity index (χ1v) is 19.0. The van der Waals surface area contributed by atoms with Crippen LogP contribution in [0.1, 0.15) is 81.1 Å². The molecule has 11 nitrogen and oxygen atoms in total. The zero-order valence-corrected chi connectivity index (χ0v) is 30.6. The zero-order valence-electron chi connectivity index (χ0n) is 30.6. The first kappa shape index (κ1) is 38.4. The SMILES string of the molecule is C=CCCC(=O)N[C@@H](COC)[C@@H](OC(=O)[C@@H]1[C@@H]2CC[C@]3(O2)[C@H](C(=O)N(CC=C)C2CCCCC2)N([C@H](CO)c2ccccc2)C(=O)[C@@H]13)c1ccccc1. The number of methoxy groups -OCH3 is 1. The van der Waals surface area contributed by atoms with E-state index in [-0.39, 0.29) is 30.9 Å². The highest BCUT2D eigenvalue weighted by Crippen LogP contribution is 2.60. The molecule has 3 heterocycles. The van der Waals surface area contributed by atoms with E-state index in [2.05, 4.69) is 18.5 Å². The van der Waals surface area contributed by atoms with E-state index in [4.69, 9.17) is 14.2 Å². The number of fused-ring (bicyclic) bond motifs is 1. The van der Waals surface area contributed by atoms with Crippen LogP contribution in [0.25, 0.3) is 0 Å². The summed E-state index contributed by atoms with van der Waals surface area (Å²) in [6.07, 6.45) is 8.14. The number of allylic oxidation sites excluding steroid dienone is 1. The maximum absolute atomic E-state index is 15.1. The number of ether oxygens (including phenoxy) is 3. The van der Waals surface area contributed by atoms with Crippen LogP contribution in [0.5, 0.6) is 0 Å². The van der Waals surface area contributed by atoms with E-state index in [0.717, 1.165) is 32.1 Å². The summed E-state index contributed by atoms with van der Waals surface area (Å²) in [5, 5.41) is 13.9. The highest BCUT2D eigenvalue weighted by molar-refractivity contribution is 5.98. The van der Waals surface area contributed by atoms with Gasteiger partial charge in [-0.2, -0.15) is 0 Å². The number of benzene rings is 2. The number of hydrogen-bond donors (Lipinski definition) is 2. The van der Waals surface area contributed by atoms with Gasteiger partial charge in [0.1, 0.15) is 17.7 Å². The predicted octanol–water partition coefficient (Wildman–Crippen LogP) is 4.82. The van der Waals surface area contributed by atoms with Crippen molar-refractivity contribution in [3.05, 3.63) is 97.1 Å². The second-order valence-corrected chi connectivity index (χ2v) is 14.7. The van der Waals surface area contributed by atoms with Gasteiger partial charge in [-0.3, -0.25) is 19.2 Å². The molecule has 2 N–H and O–H groups in total. The minimum atomic E-state index is -1.30. The van der Waals surface area contributed by atoms with Gasteiger partial charge in [0.15, 0.2) is 0 Å². The molecule has 1 saturated carbocycles. The Hall–Kier alpha value is -4.32. The van der Waals surface area contributed by atoms with Gasteiger partial charge in [0, 0.05) is 26.1 Å². The number of aliphatic hydroxyl groups excluding tert-OH is 1. The molecular weight excluding hydrogens is 674 g/mol. The lowest BCUT2D eigenvalue weighted by molar-refractivity contribution is -0.163. The predicted molar refractivity (Wildman–Crippen MR) is 198 cm³/mol. The second kappa shape index (κ2) is 17.2. The third-order valence-electron chi connectivity index (χ3n) is 11.6. The van der Waals surface area contributed by atoms with Crippen LogP contribution in [-0.4, -0.2) is 95.3 Å². The van der Waals surface area contributed by atoms with Gasteiger partial charge in [0.25, 0.3) is 0 Å². The van der Waals surface area contributed by atoms with Crippen LogP contribution in [0.3, 0.4) is 0 Å². The van der Waals surface area contributed by atoms with Crippen molar-refractivity contribution in [2.24, 2.45) is 11.8 Å². The van der Waals surface area contributed by atoms with E-state index in [0.29, 0.717) is 36.9 Å². The molecule has 3 aliphatic heterocycles. The fourth-order valence-corrected chi connectivity index (χ4v) is 9.24. The zero-order chi connectivity index (χ0) is 37.5. The topological polar surface area (TPSA) is 135 Å². The monoisotopic (exact) mass is 727 g/mol. The molecule has 2 aromatic carbocycles. The molecule has 284 valence electrons. The summed E-state index contributed by atoms with van der Waals surface area (Å²) in [5.74, 6) is -3.58. The first-order chi connectivity index (χ1) is 25.8. The number of carbonyl (C=O) groups is 4. The van der Waals surface area contributed by atoms with Crippen LogP contribution in [0.4, 0.5) is 0 Å². The minimum absolute atomic E-state index is 0.0173. The summed E-state index contributed by atoms with van der Waals surface area (Å²) < 4.78 is 18.6. The molecule has 1 aliphatic carbocycles. The molecule has 8 atom stereocenters. The average molecular weight is 728 g/mol. The summed E-state index contributed by atoms with van der Waals surface area (Å²) in [6.45, 7) is 7.60. The Morgan fingerprint density at radius 1 is 1.02 bits per heavy atom. The molecule has 11 heteroatoms. The molecule has 0 unspecified atom stereocenters. The molecule has 1 spiro atoms. The van der Waals surface area contributed by atoms with Crippen LogP contribution in [0.15, 0.2) is 86.0 Å². The van der Waals surface area contributed by atoms with Crippen molar-refractivity contribution in [3.8, 4) is 0 Å². The number of aliphatic hydroxyl groups is 1. The fraction of sp³-hybridized carbons (Fsp3) is 0.524. The van der Waals surface area contributed by atoms with Gasteiger partial charge < -0.3 is 34.4 Å². The highest BCUT2D eigenvalue weighted by Gasteiger charge is 2.76. The van der Waals surface area contributed by atoms with Crippen molar-refractivity contribution in [3.63, 3.8) is 0 Å². The van der Waals surface area contributed by atoms with Crippen molar-refractivity contribution in [2.45, 2.75) is 99.8 Å². The van der Waals surface area contributed by atoms with Crippen LogP contribution >= 0.6 is 0 Å². The maximum Gasteiger partial charge on any atom is 0.313 e. The van der Waals surface area contributed by atoms with E-state index in [1.807, 2.05) is 65.6 Å². The Balaban J connectivity index is 1.38. The summed E-state index contributed by atoms with van der Waals surface area (Å²) in [7, 11) is 1.51. The third kappa shape index (κ3) is 7.57. The van der Waals surface area contributed by atoms with E-state index in [1.54, 1.807) is 12.2 Å². The average Bonchev–Trinajstić information content (AvgIpc) is 3.83. The van der Waals surface area contributed by atoms with Crippen molar-refractivity contribution in [2.75, 3.05) is 26.9 Å². The largest absolute Gasteiger partial charge is 0.455 e. The lowest BCUT2D eigenvalue weighted by atomic mass is 9.70. The Bertz CT molecular complexity index is 1610. The van der Waals surface area contributed by atoms with Crippen molar-refractivity contribution in [1.82, 2.24) is 15.1 Å². The Kier molecular flexibility index (Phi) is 12.5. The number of likely N-dealkylation sites (tertiary alicyclic amines) is 1. The van der Waals surface area contributed by atoms with Crippen LogP contribution in [0.2, 0.25) is 0 Å². The fourth-order valence-electron chi connectivity index (χ4n) is 9.24. The summed E-state index contributed by atoms with van der Waals surface area (Å²) >= 11 is 0. The Morgan fingerprint density at radius 2 is 1.70 bits per heavy atom. The van der Waals surface area contributed by atoms with Crippen molar-refractivity contribution in [1.29, 1.82) is 0 Å². The Morgan fingerprint density at radius 3 is 2.32 bits per heavy atom. The quantitative estimate of drug-likeness (QED) is 0.175. The van der Waals surface area contributed by atoms with Crippen LogP contribution in [0, 0.1) is 11.8 Å². The molecule has 0 radical (unpaired) electrons. The van der Waals surface area contributed by atoms with Gasteiger partial charge in [-0.05, 0) is 43.2 Å². The molecule has 4 fully saturated rings. The minimum Gasteiger partial charge on any atom is -0.455 e. The van der Waals surface area contributed by atoms with E-state index < -0.39 is 66.3 Å². The lowest BCUT2D eigenvalue weighted by Gasteiger charge is -2.42. The van der Waals surface area contributed by atoms with Gasteiger partial charge >= 0.3 is 5.97 Å². The van der Waals surface area contributed by atoms with E-state index >= 15 is 9.59 Å². The molecule has 53 heavy (non-hydrogen) atoms. The van der Waals surface area contributed by atoms with Crippen molar-refractivity contribution >= 4 is 23.7 Å². The summed E-state index contributed by atoms with van der Waals surface area (Å²) in [5.41, 5.74) is 0.0271. The van der Waals surface area contributed by atoms with Gasteiger partial charge in [0.05, 0.1) is 43.2 Å². The van der Waals surface area contributed by atoms with Gasteiger partial charge in [0.2, 0.25) is 17.7 Å². The van der Waals surface area contributed by atoms with Crippen molar-refractivity contribution < 1.29 is 38.5 Å². The number of esters is 1. The summed E-state index contributed by atoms with van der Waals surface area (Å²) in [6, 6.07) is 15.6. The number of rotatable bonds is 17. The molecule has 0 aromatic heterocycles. The smallest absolute Gasteiger partial charge is 0.313 e. The maximum atomic E-state index is 15.1. The van der Waals surface area contributed by atoms with Gasteiger partial charge in [-0.1, -0.05) is 92.1 Å². The molecule has 3 saturated heterocycles. The molecule has 6 rings (SSSR count). The lowest BCUT2D eigenvalue weighted by Crippen LogP contribution is -2.59. The standard InChI is InChI=1S/C42H53N3O8/c1-4-6-22-34(47)43-31(27-51-3)37(29-18-12-8-13-19-29)52-41(50)35-33-23-24-42(53-33)36(35)39(48)45(32(26-46)28-16-10-7-11-17-28)38(42)40(49)44(25-5-2)30-20-14-9-15-21-30/h4-5,7-8,10-13,16-19,30-33,35-38,46H,1-2,6,9,14-15,20-27H2,3H3,(H,43,47)/t31-,32+,33-,35+,36+,37-,38-,42+/m0/s1. The molecule has 3 amide bonds. The van der Waals surface area contributed by atoms with Crippen LogP contribution < -0.4 is 5.32 Å². The normalized spacial score (nSPS) is 26.7. The number of hydrogen-bond acceptors (Lipinski definition) is 8. The first-order valence-electron chi connectivity index (χ1n) is 19.0.